The fraction of sp³-hybridized carbons (Fsp3) is 0.417. The van der Waals surface area contributed by atoms with Crippen molar-refractivity contribution < 1.29 is 14.3 Å². The molecule has 0 unspecified atom stereocenters. The van der Waals surface area contributed by atoms with E-state index in [1.54, 1.807) is 18.2 Å². The molecule has 0 heterocycles. The molecule has 0 aliphatic rings. The van der Waals surface area contributed by atoms with Crippen LogP contribution in [-0.2, 0) is 0 Å². The van der Waals surface area contributed by atoms with Gasteiger partial charge in [-0.25, -0.2) is 0 Å². The number of hydrogen-bond donors (Lipinski definition) is 0. The third-order valence-corrected chi connectivity index (χ3v) is 2.21. The van der Waals surface area contributed by atoms with E-state index >= 15 is 0 Å². The summed E-state index contributed by atoms with van der Waals surface area (Å²) in [7, 11) is 0. The lowest BCUT2D eigenvalue weighted by molar-refractivity contribution is 0.112. The van der Waals surface area contributed by atoms with Gasteiger partial charge in [-0.05, 0) is 31.5 Å². The van der Waals surface area contributed by atoms with Crippen molar-refractivity contribution in [2.45, 2.75) is 13.3 Å². The first-order valence-corrected chi connectivity index (χ1v) is 5.76. The Labute approximate surface area is 100 Å². The Balaban J connectivity index is 2.78. The van der Waals surface area contributed by atoms with E-state index in [2.05, 4.69) is 0 Å². The van der Waals surface area contributed by atoms with Crippen molar-refractivity contribution in [3.05, 3.63) is 23.8 Å². The molecule has 0 aliphatic carbocycles. The quantitative estimate of drug-likeness (QED) is 0.419. The lowest BCUT2D eigenvalue weighted by Crippen LogP contribution is -2.02. The van der Waals surface area contributed by atoms with Crippen LogP contribution < -0.4 is 9.47 Å². The minimum absolute atomic E-state index is 0.520. The first-order chi connectivity index (χ1) is 7.81. The average Bonchev–Trinajstić information content (AvgIpc) is 2.31. The summed E-state index contributed by atoms with van der Waals surface area (Å²) in [6, 6.07) is 5.11. The number of ether oxygens (including phenoxy) is 2. The van der Waals surface area contributed by atoms with E-state index < -0.39 is 0 Å². The van der Waals surface area contributed by atoms with Gasteiger partial charge in [0.1, 0.15) is 6.29 Å². The van der Waals surface area contributed by atoms with Crippen LogP contribution in [0.4, 0.5) is 0 Å². The number of rotatable bonds is 7. The van der Waals surface area contributed by atoms with E-state index in [9.17, 15) is 4.79 Å². The monoisotopic (exact) mass is 242 g/mol. The Hall–Kier alpha value is -1.22. The zero-order valence-corrected chi connectivity index (χ0v) is 10.00. The minimum atomic E-state index is 0.520. The molecule has 0 atom stereocenters. The number of aldehydes is 1. The second-order valence-corrected chi connectivity index (χ2v) is 3.53. The predicted molar refractivity (Wildman–Crippen MR) is 63.8 cm³/mol. The van der Waals surface area contributed by atoms with Crippen LogP contribution in [0.5, 0.6) is 11.5 Å². The molecule has 0 bridgehead atoms. The number of carbonyl (C=O) groups excluding carboxylic acids is 1. The molecule has 4 heteroatoms. The van der Waals surface area contributed by atoms with Gasteiger partial charge in [0.15, 0.2) is 11.5 Å². The molecule has 88 valence electrons. The molecule has 1 rings (SSSR count). The fourth-order valence-electron chi connectivity index (χ4n) is 1.22. The minimum Gasteiger partial charge on any atom is -0.490 e. The highest BCUT2D eigenvalue weighted by atomic mass is 35.5. The lowest BCUT2D eigenvalue weighted by Gasteiger charge is -2.11. The van der Waals surface area contributed by atoms with Gasteiger partial charge in [-0.3, -0.25) is 4.79 Å². The van der Waals surface area contributed by atoms with Crippen LogP contribution in [0.25, 0.3) is 0 Å². The summed E-state index contributed by atoms with van der Waals surface area (Å²) >= 11 is 5.56. The van der Waals surface area contributed by atoms with E-state index in [0.29, 0.717) is 36.2 Å². The van der Waals surface area contributed by atoms with E-state index in [1.807, 2.05) is 6.92 Å². The summed E-state index contributed by atoms with van der Waals surface area (Å²) < 4.78 is 10.9. The zero-order chi connectivity index (χ0) is 11.8. The third kappa shape index (κ3) is 3.74. The van der Waals surface area contributed by atoms with Gasteiger partial charge in [0.25, 0.3) is 0 Å². The van der Waals surface area contributed by atoms with Gasteiger partial charge in [0, 0.05) is 11.4 Å². The van der Waals surface area contributed by atoms with Crippen molar-refractivity contribution >= 4 is 17.9 Å². The predicted octanol–water partition coefficient (Wildman–Crippen LogP) is 2.91. The van der Waals surface area contributed by atoms with Crippen molar-refractivity contribution in [2.75, 3.05) is 19.1 Å². The number of hydrogen-bond acceptors (Lipinski definition) is 3. The van der Waals surface area contributed by atoms with E-state index in [0.717, 1.165) is 12.7 Å². The van der Waals surface area contributed by atoms with Crippen LogP contribution >= 0.6 is 11.6 Å². The highest BCUT2D eigenvalue weighted by Gasteiger charge is 2.05. The van der Waals surface area contributed by atoms with E-state index in [-0.39, 0.29) is 0 Å². The van der Waals surface area contributed by atoms with Crippen molar-refractivity contribution in [1.29, 1.82) is 0 Å². The maximum atomic E-state index is 10.6. The van der Waals surface area contributed by atoms with Crippen LogP contribution in [0.2, 0.25) is 0 Å². The van der Waals surface area contributed by atoms with Gasteiger partial charge >= 0.3 is 0 Å². The Morgan fingerprint density at radius 2 is 2.12 bits per heavy atom. The molecule has 16 heavy (non-hydrogen) atoms. The number of alkyl halides is 1. The first kappa shape index (κ1) is 12.8. The molecular weight excluding hydrogens is 228 g/mol. The van der Waals surface area contributed by atoms with Gasteiger partial charge in [0.05, 0.1) is 13.2 Å². The van der Waals surface area contributed by atoms with Gasteiger partial charge in [-0.1, -0.05) is 0 Å². The van der Waals surface area contributed by atoms with Crippen LogP contribution in [-0.4, -0.2) is 25.4 Å². The topological polar surface area (TPSA) is 35.5 Å². The molecular formula is C12H15ClO3. The van der Waals surface area contributed by atoms with Crippen LogP contribution in [0.3, 0.4) is 0 Å². The van der Waals surface area contributed by atoms with Crippen molar-refractivity contribution in [3.8, 4) is 11.5 Å². The molecule has 1 aromatic rings. The average molecular weight is 243 g/mol. The molecule has 0 aliphatic heterocycles. The fourth-order valence-corrected chi connectivity index (χ4v) is 1.33. The zero-order valence-electron chi connectivity index (χ0n) is 9.24. The maximum absolute atomic E-state index is 10.6. The second-order valence-electron chi connectivity index (χ2n) is 3.15. The SMILES string of the molecule is CCOc1ccc(C=O)cc1OCCCCl. The molecule has 0 saturated carbocycles. The van der Waals surface area contributed by atoms with E-state index in [4.69, 9.17) is 21.1 Å². The largest absolute Gasteiger partial charge is 0.490 e. The van der Waals surface area contributed by atoms with Crippen LogP contribution in [0.15, 0.2) is 18.2 Å². The van der Waals surface area contributed by atoms with Gasteiger partial charge < -0.3 is 9.47 Å². The smallest absolute Gasteiger partial charge is 0.161 e. The Bertz CT molecular complexity index is 339. The summed E-state index contributed by atoms with van der Waals surface area (Å²) in [5, 5.41) is 0. The summed E-state index contributed by atoms with van der Waals surface area (Å²) in [6.07, 6.45) is 1.54. The summed E-state index contributed by atoms with van der Waals surface area (Å²) in [5.41, 5.74) is 0.573. The standard InChI is InChI=1S/C12H15ClO3/c1-2-15-11-5-4-10(9-14)8-12(11)16-7-3-6-13/h4-5,8-9H,2-3,6-7H2,1H3. The van der Waals surface area contributed by atoms with Gasteiger partial charge in [-0.15, -0.1) is 11.6 Å². The Morgan fingerprint density at radius 1 is 1.31 bits per heavy atom. The maximum Gasteiger partial charge on any atom is 0.161 e. The Kier molecular flexibility index (Phi) is 5.72. The number of benzene rings is 1. The molecule has 0 N–H and O–H groups in total. The normalized spacial score (nSPS) is 9.88. The third-order valence-electron chi connectivity index (χ3n) is 1.94. The van der Waals surface area contributed by atoms with Crippen molar-refractivity contribution in [1.82, 2.24) is 0 Å². The highest BCUT2D eigenvalue weighted by Crippen LogP contribution is 2.28. The molecule has 0 fully saturated rings. The van der Waals surface area contributed by atoms with Crippen molar-refractivity contribution in [3.63, 3.8) is 0 Å². The number of halogens is 1. The lowest BCUT2D eigenvalue weighted by atomic mass is 10.2. The molecule has 3 nitrogen and oxygen atoms in total. The van der Waals surface area contributed by atoms with Crippen LogP contribution in [0.1, 0.15) is 23.7 Å². The van der Waals surface area contributed by atoms with E-state index in [1.165, 1.54) is 0 Å². The Morgan fingerprint density at radius 3 is 2.75 bits per heavy atom. The summed E-state index contributed by atoms with van der Waals surface area (Å²) in [4.78, 5) is 10.6. The molecule has 0 aromatic heterocycles. The molecule has 0 amide bonds. The molecule has 0 spiro atoms. The van der Waals surface area contributed by atoms with Crippen molar-refractivity contribution in [2.24, 2.45) is 0 Å². The summed E-state index contributed by atoms with van der Waals surface area (Å²) in [5.74, 6) is 1.80. The first-order valence-electron chi connectivity index (χ1n) is 5.22. The summed E-state index contributed by atoms with van der Waals surface area (Å²) in [6.45, 7) is 2.98. The molecule has 1 aromatic carbocycles. The number of carbonyl (C=O) groups is 1. The van der Waals surface area contributed by atoms with Gasteiger partial charge in [0.2, 0.25) is 0 Å². The second kappa shape index (κ2) is 7.12. The highest BCUT2D eigenvalue weighted by molar-refractivity contribution is 6.17. The molecule has 0 saturated heterocycles. The van der Waals surface area contributed by atoms with Gasteiger partial charge in [-0.2, -0.15) is 0 Å². The van der Waals surface area contributed by atoms with Crippen LogP contribution in [0, 0.1) is 0 Å². The molecule has 0 radical (unpaired) electrons.